The minimum atomic E-state index is 0.165. The van der Waals surface area contributed by atoms with Crippen LogP contribution in [-0.2, 0) is 12.0 Å². The van der Waals surface area contributed by atoms with E-state index in [2.05, 4.69) is 43.1 Å². The fraction of sp³-hybridized carbons (Fsp3) is 0.750. The van der Waals surface area contributed by atoms with Crippen LogP contribution < -0.4 is 5.73 Å². The first-order valence-electron chi connectivity index (χ1n) is 5.77. The lowest BCUT2D eigenvalue weighted by atomic mass is 9.98. The average Bonchev–Trinajstić information content (AvgIpc) is 2.62. The van der Waals surface area contributed by atoms with Crippen LogP contribution in [0.15, 0.2) is 5.38 Å². The highest BCUT2D eigenvalue weighted by Crippen LogP contribution is 2.25. The summed E-state index contributed by atoms with van der Waals surface area (Å²) in [4.78, 5) is 6.95. The Morgan fingerprint density at radius 1 is 1.44 bits per heavy atom. The van der Waals surface area contributed by atoms with Gasteiger partial charge in [0.25, 0.3) is 0 Å². The maximum absolute atomic E-state index is 5.49. The minimum Gasteiger partial charge on any atom is -0.330 e. The van der Waals surface area contributed by atoms with E-state index >= 15 is 0 Å². The lowest BCUT2D eigenvalue weighted by molar-refractivity contribution is 0.320. The van der Waals surface area contributed by atoms with E-state index in [1.54, 1.807) is 11.3 Å². The van der Waals surface area contributed by atoms with Crippen molar-refractivity contribution in [3.8, 4) is 0 Å². The van der Waals surface area contributed by atoms with Crippen molar-refractivity contribution in [1.29, 1.82) is 0 Å². The molecule has 1 rings (SSSR count). The van der Waals surface area contributed by atoms with Crippen molar-refractivity contribution >= 4 is 11.3 Å². The molecule has 92 valence electrons. The molecule has 16 heavy (non-hydrogen) atoms. The zero-order valence-corrected chi connectivity index (χ0v) is 11.6. The molecule has 4 heteroatoms. The van der Waals surface area contributed by atoms with Gasteiger partial charge in [0.05, 0.1) is 10.7 Å². The summed E-state index contributed by atoms with van der Waals surface area (Å²) in [6.45, 7) is 9.33. The molecule has 0 aliphatic rings. The standard InChI is InChI=1S/C12H23N3S/c1-12(2,3)11-14-10(9-16-11)8-15(4)7-5-6-13/h9H,5-8,13H2,1-4H3. The lowest BCUT2D eigenvalue weighted by Crippen LogP contribution is -2.21. The van der Waals surface area contributed by atoms with Crippen LogP contribution in [0, 0.1) is 0 Å². The highest BCUT2D eigenvalue weighted by atomic mass is 32.1. The molecule has 2 N–H and O–H groups in total. The van der Waals surface area contributed by atoms with Gasteiger partial charge < -0.3 is 10.6 Å². The van der Waals surface area contributed by atoms with E-state index in [9.17, 15) is 0 Å². The molecule has 0 radical (unpaired) electrons. The molecule has 0 bridgehead atoms. The van der Waals surface area contributed by atoms with Crippen LogP contribution in [0.3, 0.4) is 0 Å². The molecule has 1 aromatic heterocycles. The van der Waals surface area contributed by atoms with Crippen molar-refractivity contribution in [2.75, 3.05) is 20.1 Å². The smallest absolute Gasteiger partial charge is 0.0982 e. The summed E-state index contributed by atoms with van der Waals surface area (Å²) in [6.07, 6.45) is 1.05. The zero-order chi connectivity index (χ0) is 12.2. The Morgan fingerprint density at radius 2 is 2.12 bits per heavy atom. The van der Waals surface area contributed by atoms with Crippen LogP contribution in [0.4, 0.5) is 0 Å². The molecule has 0 unspecified atom stereocenters. The molecule has 0 saturated carbocycles. The van der Waals surface area contributed by atoms with E-state index in [4.69, 9.17) is 5.73 Å². The highest BCUT2D eigenvalue weighted by Gasteiger charge is 2.18. The maximum Gasteiger partial charge on any atom is 0.0982 e. The predicted molar refractivity (Wildman–Crippen MR) is 70.8 cm³/mol. The Balaban J connectivity index is 2.52. The van der Waals surface area contributed by atoms with Crippen molar-refractivity contribution in [3.63, 3.8) is 0 Å². The first-order chi connectivity index (χ1) is 7.43. The van der Waals surface area contributed by atoms with E-state index in [1.165, 1.54) is 10.7 Å². The number of hydrogen-bond donors (Lipinski definition) is 1. The quantitative estimate of drug-likeness (QED) is 0.859. The maximum atomic E-state index is 5.49. The Labute approximate surface area is 103 Å². The number of nitrogens with two attached hydrogens (primary N) is 1. The summed E-state index contributed by atoms with van der Waals surface area (Å²) in [5, 5.41) is 3.38. The fourth-order valence-corrected chi connectivity index (χ4v) is 2.34. The van der Waals surface area contributed by atoms with E-state index < -0.39 is 0 Å². The molecule has 0 saturated heterocycles. The molecular formula is C12H23N3S. The highest BCUT2D eigenvalue weighted by molar-refractivity contribution is 7.09. The molecule has 0 aliphatic carbocycles. The van der Waals surface area contributed by atoms with Gasteiger partial charge in [0.1, 0.15) is 0 Å². The number of hydrogen-bond acceptors (Lipinski definition) is 4. The summed E-state index contributed by atoms with van der Waals surface area (Å²) in [6, 6.07) is 0. The van der Waals surface area contributed by atoms with Crippen LogP contribution in [0.25, 0.3) is 0 Å². The van der Waals surface area contributed by atoms with Crippen LogP contribution >= 0.6 is 11.3 Å². The Morgan fingerprint density at radius 3 is 2.62 bits per heavy atom. The molecule has 0 aromatic carbocycles. The van der Waals surface area contributed by atoms with E-state index in [1.807, 2.05) is 0 Å². The number of rotatable bonds is 5. The molecule has 0 fully saturated rings. The lowest BCUT2D eigenvalue weighted by Gasteiger charge is -2.15. The van der Waals surface area contributed by atoms with Crippen molar-refractivity contribution in [2.45, 2.75) is 39.2 Å². The molecule has 1 aromatic rings. The summed E-state index contributed by atoms with van der Waals surface area (Å²) < 4.78 is 0. The first-order valence-corrected chi connectivity index (χ1v) is 6.65. The van der Waals surface area contributed by atoms with Crippen LogP contribution in [0.1, 0.15) is 37.9 Å². The second-order valence-electron chi connectivity index (χ2n) is 5.27. The van der Waals surface area contributed by atoms with E-state index in [0.29, 0.717) is 0 Å². The molecule has 0 atom stereocenters. The van der Waals surface area contributed by atoms with Gasteiger partial charge >= 0.3 is 0 Å². The second kappa shape index (κ2) is 5.75. The largest absolute Gasteiger partial charge is 0.330 e. The number of aromatic nitrogens is 1. The van der Waals surface area contributed by atoms with Gasteiger partial charge in [-0.25, -0.2) is 4.98 Å². The molecule has 0 spiro atoms. The van der Waals surface area contributed by atoms with Gasteiger partial charge in [-0.1, -0.05) is 20.8 Å². The topological polar surface area (TPSA) is 42.1 Å². The molecule has 0 amide bonds. The van der Waals surface area contributed by atoms with Gasteiger partial charge in [-0.15, -0.1) is 11.3 Å². The van der Waals surface area contributed by atoms with Gasteiger partial charge in [0, 0.05) is 17.3 Å². The fourth-order valence-electron chi connectivity index (χ4n) is 1.44. The third-order valence-electron chi connectivity index (χ3n) is 2.37. The minimum absolute atomic E-state index is 0.165. The van der Waals surface area contributed by atoms with Gasteiger partial charge in [-0.05, 0) is 26.6 Å². The molecular weight excluding hydrogens is 218 g/mol. The van der Waals surface area contributed by atoms with Gasteiger partial charge in [0.15, 0.2) is 0 Å². The van der Waals surface area contributed by atoms with Crippen molar-refractivity contribution in [3.05, 3.63) is 16.1 Å². The zero-order valence-electron chi connectivity index (χ0n) is 10.8. The van der Waals surface area contributed by atoms with E-state index in [-0.39, 0.29) is 5.41 Å². The first kappa shape index (κ1) is 13.6. The normalized spacial score (nSPS) is 12.4. The predicted octanol–water partition coefficient (Wildman–Crippen LogP) is 2.22. The van der Waals surface area contributed by atoms with Gasteiger partial charge in [0.2, 0.25) is 0 Å². The Kier molecular flexibility index (Phi) is 4.89. The summed E-state index contributed by atoms with van der Waals surface area (Å²) in [7, 11) is 2.12. The Hall–Kier alpha value is -0.450. The summed E-state index contributed by atoms with van der Waals surface area (Å²) in [5.74, 6) is 0. The second-order valence-corrected chi connectivity index (χ2v) is 6.13. The molecule has 1 heterocycles. The van der Waals surface area contributed by atoms with Gasteiger partial charge in [-0.3, -0.25) is 0 Å². The average molecular weight is 241 g/mol. The SMILES string of the molecule is CN(CCCN)Cc1csc(C(C)(C)C)n1. The van der Waals surface area contributed by atoms with Crippen molar-refractivity contribution < 1.29 is 0 Å². The number of thiazole rings is 1. The van der Waals surface area contributed by atoms with Crippen molar-refractivity contribution in [2.24, 2.45) is 5.73 Å². The summed E-state index contributed by atoms with van der Waals surface area (Å²) in [5.41, 5.74) is 6.83. The third kappa shape index (κ3) is 4.20. The van der Waals surface area contributed by atoms with Crippen LogP contribution in [-0.4, -0.2) is 30.0 Å². The van der Waals surface area contributed by atoms with Gasteiger partial charge in [-0.2, -0.15) is 0 Å². The number of nitrogens with zero attached hydrogens (tertiary/aromatic N) is 2. The molecule has 0 aliphatic heterocycles. The third-order valence-corrected chi connectivity index (χ3v) is 3.69. The van der Waals surface area contributed by atoms with Crippen LogP contribution in [0.2, 0.25) is 0 Å². The monoisotopic (exact) mass is 241 g/mol. The van der Waals surface area contributed by atoms with Crippen LogP contribution in [0.5, 0.6) is 0 Å². The molecule has 3 nitrogen and oxygen atoms in total. The van der Waals surface area contributed by atoms with E-state index in [0.717, 1.165) is 26.1 Å². The van der Waals surface area contributed by atoms with Crippen molar-refractivity contribution in [1.82, 2.24) is 9.88 Å². The Bertz CT molecular complexity index is 314. The summed E-state index contributed by atoms with van der Waals surface area (Å²) >= 11 is 1.76.